The Morgan fingerprint density at radius 1 is 0.957 bits per heavy atom. The van der Waals surface area contributed by atoms with Gasteiger partial charge in [0.25, 0.3) is 0 Å². The zero-order chi connectivity index (χ0) is 32.2. The van der Waals surface area contributed by atoms with E-state index < -0.39 is 5.79 Å². The standard InChI is InChI=1S/C33H43N9O5/c1-3-25(2)42-32(43)40(24-37-42)28-6-4-26(5-7-28)38-15-17-39(18-16-38)27-8-10-29(11-9-27)45-21-30-22-46-33(47-30,23-41-35-12-13-36-41)31-20-34-14-19-44-31/h4-13,24-25,30-31,34H,3,14-23H2,1-2H3/t25?,30-,31?,33-/m1/s1. The van der Waals surface area contributed by atoms with E-state index >= 15 is 0 Å². The number of anilines is 2. The molecule has 0 radical (unpaired) electrons. The lowest BCUT2D eigenvalue weighted by atomic mass is 10.1. The molecule has 4 atom stereocenters. The number of morpholine rings is 1. The minimum absolute atomic E-state index is 0.0717. The number of rotatable bonds is 11. The van der Waals surface area contributed by atoms with E-state index in [9.17, 15) is 4.79 Å². The summed E-state index contributed by atoms with van der Waals surface area (Å²) in [6, 6.07) is 16.5. The second-order valence-corrected chi connectivity index (χ2v) is 12.3. The molecule has 14 nitrogen and oxygen atoms in total. The van der Waals surface area contributed by atoms with Crippen molar-refractivity contribution in [3.63, 3.8) is 0 Å². The topological polar surface area (TPSA) is 126 Å². The first-order valence-electron chi connectivity index (χ1n) is 16.5. The third-order valence-electron chi connectivity index (χ3n) is 9.24. The molecule has 3 saturated heterocycles. The van der Waals surface area contributed by atoms with Crippen molar-refractivity contribution >= 4 is 11.4 Å². The van der Waals surface area contributed by atoms with Crippen LogP contribution in [0.1, 0.15) is 26.3 Å². The van der Waals surface area contributed by atoms with E-state index in [1.807, 2.05) is 31.2 Å². The highest BCUT2D eigenvalue weighted by atomic mass is 16.8. The summed E-state index contributed by atoms with van der Waals surface area (Å²) in [5, 5.41) is 16.2. The van der Waals surface area contributed by atoms with Gasteiger partial charge in [0, 0.05) is 50.6 Å². The molecule has 47 heavy (non-hydrogen) atoms. The highest BCUT2D eigenvalue weighted by Crippen LogP contribution is 2.32. The summed E-state index contributed by atoms with van der Waals surface area (Å²) in [5.41, 5.74) is 3.02. The molecule has 250 valence electrons. The summed E-state index contributed by atoms with van der Waals surface area (Å²) in [5.74, 6) is -0.197. The van der Waals surface area contributed by atoms with Gasteiger partial charge in [0.15, 0.2) is 0 Å². The first-order valence-corrected chi connectivity index (χ1v) is 16.5. The Labute approximate surface area is 273 Å². The van der Waals surface area contributed by atoms with Gasteiger partial charge in [-0.25, -0.2) is 14.0 Å². The van der Waals surface area contributed by atoms with E-state index in [1.165, 1.54) is 0 Å². The number of hydrogen-bond donors (Lipinski definition) is 1. The molecule has 0 saturated carbocycles. The van der Waals surface area contributed by atoms with Gasteiger partial charge < -0.3 is 34.1 Å². The molecule has 2 aromatic heterocycles. The van der Waals surface area contributed by atoms with Crippen LogP contribution in [0.2, 0.25) is 0 Å². The zero-order valence-corrected chi connectivity index (χ0v) is 27.0. The average Bonchev–Trinajstić information content (AvgIpc) is 3.89. The fourth-order valence-corrected chi connectivity index (χ4v) is 6.35. The summed E-state index contributed by atoms with van der Waals surface area (Å²) in [6.45, 7) is 10.8. The van der Waals surface area contributed by atoms with Crippen molar-refractivity contribution in [3.05, 3.63) is 77.7 Å². The van der Waals surface area contributed by atoms with Crippen molar-refractivity contribution < 1.29 is 18.9 Å². The van der Waals surface area contributed by atoms with Crippen molar-refractivity contribution in [1.29, 1.82) is 0 Å². The summed E-state index contributed by atoms with van der Waals surface area (Å²) in [4.78, 5) is 19.1. The third-order valence-corrected chi connectivity index (χ3v) is 9.24. The Morgan fingerprint density at radius 2 is 1.62 bits per heavy atom. The molecule has 2 aromatic carbocycles. The smallest absolute Gasteiger partial charge is 0.350 e. The van der Waals surface area contributed by atoms with Crippen LogP contribution in [0.3, 0.4) is 0 Å². The van der Waals surface area contributed by atoms with Crippen LogP contribution in [0.4, 0.5) is 11.4 Å². The van der Waals surface area contributed by atoms with Crippen molar-refractivity contribution in [2.75, 3.05) is 68.9 Å². The summed E-state index contributed by atoms with van der Waals surface area (Å²) in [7, 11) is 0. The van der Waals surface area contributed by atoms with E-state index in [2.05, 4.69) is 61.6 Å². The van der Waals surface area contributed by atoms with Crippen LogP contribution in [0, 0.1) is 0 Å². The monoisotopic (exact) mass is 645 g/mol. The van der Waals surface area contributed by atoms with Crippen molar-refractivity contribution in [2.45, 2.75) is 50.8 Å². The quantitative estimate of drug-likeness (QED) is 0.258. The lowest BCUT2D eigenvalue weighted by molar-refractivity contribution is -0.255. The second kappa shape index (κ2) is 13.9. The molecular weight excluding hydrogens is 602 g/mol. The van der Waals surface area contributed by atoms with Crippen LogP contribution < -0.4 is 25.5 Å². The lowest BCUT2D eigenvalue weighted by Crippen LogP contribution is -2.56. The van der Waals surface area contributed by atoms with Crippen LogP contribution in [0.15, 0.2) is 72.0 Å². The van der Waals surface area contributed by atoms with Crippen LogP contribution in [-0.2, 0) is 20.8 Å². The molecule has 3 fully saturated rings. The van der Waals surface area contributed by atoms with Crippen molar-refractivity contribution in [1.82, 2.24) is 34.7 Å². The molecule has 0 aliphatic carbocycles. The number of nitrogens with one attached hydrogen (secondary N) is 1. The Balaban J connectivity index is 0.902. The predicted octanol–water partition coefficient (Wildman–Crippen LogP) is 2.10. The number of hydrogen-bond acceptors (Lipinski definition) is 11. The van der Waals surface area contributed by atoms with E-state index in [4.69, 9.17) is 18.9 Å². The molecule has 3 aliphatic rings. The Bertz CT molecular complexity index is 1630. The molecule has 0 spiro atoms. The Hall–Kier alpha value is -4.24. The third kappa shape index (κ3) is 6.77. The van der Waals surface area contributed by atoms with Crippen molar-refractivity contribution in [3.8, 4) is 11.4 Å². The van der Waals surface area contributed by atoms with E-state index in [0.717, 1.165) is 62.0 Å². The van der Waals surface area contributed by atoms with E-state index in [1.54, 1.807) is 32.8 Å². The van der Waals surface area contributed by atoms with E-state index in [0.29, 0.717) is 32.9 Å². The van der Waals surface area contributed by atoms with Gasteiger partial charge >= 0.3 is 5.69 Å². The molecule has 4 aromatic rings. The van der Waals surface area contributed by atoms with Gasteiger partial charge in [0.1, 0.15) is 37.4 Å². The highest BCUT2D eigenvalue weighted by Gasteiger charge is 2.50. The van der Waals surface area contributed by atoms with Crippen LogP contribution in [0.25, 0.3) is 5.69 Å². The average molecular weight is 646 g/mol. The lowest BCUT2D eigenvalue weighted by Gasteiger charge is -2.37. The largest absolute Gasteiger partial charge is 0.491 e. The summed E-state index contributed by atoms with van der Waals surface area (Å²) in [6.07, 6.45) is 5.22. The number of aromatic nitrogens is 6. The fraction of sp³-hybridized carbons (Fsp3) is 0.515. The predicted molar refractivity (Wildman–Crippen MR) is 175 cm³/mol. The second-order valence-electron chi connectivity index (χ2n) is 12.3. The molecule has 0 bridgehead atoms. The van der Waals surface area contributed by atoms with Gasteiger partial charge in [-0.05, 0) is 61.9 Å². The first kappa shape index (κ1) is 31.4. The SMILES string of the molecule is CCC(C)n1ncn(-c2ccc(N3CCN(c4ccc(OC[C@@H]5CO[C@@](Cn6nccn6)(C6CNCCO6)O5)cc4)CC3)cc2)c1=O. The molecular formula is C33H43N9O5. The van der Waals surface area contributed by atoms with Crippen LogP contribution in [-0.4, -0.2) is 106 Å². The van der Waals surface area contributed by atoms with Gasteiger partial charge in [0.05, 0.1) is 37.3 Å². The minimum atomic E-state index is -0.981. The van der Waals surface area contributed by atoms with Crippen LogP contribution >= 0.6 is 0 Å². The Kier molecular flexibility index (Phi) is 9.25. The summed E-state index contributed by atoms with van der Waals surface area (Å²) >= 11 is 0. The maximum absolute atomic E-state index is 12.8. The van der Waals surface area contributed by atoms with Gasteiger partial charge in [-0.2, -0.15) is 20.1 Å². The number of benzene rings is 2. The van der Waals surface area contributed by atoms with Gasteiger partial charge in [-0.15, -0.1) is 0 Å². The number of nitrogens with zero attached hydrogens (tertiary/aromatic N) is 8. The maximum Gasteiger partial charge on any atom is 0.350 e. The number of piperazine rings is 1. The Morgan fingerprint density at radius 3 is 2.26 bits per heavy atom. The normalized spacial score (nSPS) is 24.0. The van der Waals surface area contributed by atoms with Gasteiger partial charge in [-0.1, -0.05) is 6.92 Å². The minimum Gasteiger partial charge on any atom is -0.491 e. The molecule has 0 amide bonds. The molecule has 1 N–H and O–H groups in total. The highest BCUT2D eigenvalue weighted by molar-refractivity contribution is 5.54. The maximum atomic E-state index is 12.8. The first-order chi connectivity index (χ1) is 23.0. The summed E-state index contributed by atoms with van der Waals surface area (Å²) < 4.78 is 28.0. The van der Waals surface area contributed by atoms with Gasteiger partial charge in [0.2, 0.25) is 5.79 Å². The number of ether oxygens (including phenoxy) is 4. The molecule has 14 heteroatoms. The zero-order valence-electron chi connectivity index (χ0n) is 27.0. The van der Waals surface area contributed by atoms with E-state index in [-0.39, 0.29) is 23.9 Å². The molecule has 5 heterocycles. The van der Waals surface area contributed by atoms with Gasteiger partial charge in [-0.3, -0.25) is 0 Å². The molecule has 3 aliphatic heterocycles. The fourth-order valence-electron chi connectivity index (χ4n) is 6.35. The van der Waals surface area contributed by atoms with Crippen molar-refractivity contribution in [2.24, 2.45) is 0 Å². The molecule has 7 rings (SSSR count). The molecule has 2 unspecified atom stereocenters. The van der Waals surface area contributed by atoms with Crippen LogP contribution in [0.5, 0.6) is 5.75 Å².